The number of hydrogen-bond acceptors (Lipinski definition) is 4. The summed E-state index contributed by atoms with van der Waals surface area (Å²) in [4.78, 5) is 31.4. The third-order valence-electron chi connectivity index (χ3n) is 5.30. The Morgan fingerprint density at radius 3 is 2.72 bits per heavy atom. The Balaban J connectivity index is 1.30. The minimum Gasteiger partial charge on any atom is -0.469 e. The Labute approximate surface area is 169 Å². The number of rotatable bonds is 6. The molecule has 1 aliphatic heterocycles. The highest BCUT2D eigenvalue weighted by molar-refractivity contribution is 5.93. The quantitative estimate of drug-likeness (QED) is 0.699. The van der Waals surface area contributed by atoms with Crippen LogP contribution < -0.4 is 5.32 Å². The fourth-order valence-electron chi connectivity index (χ4n) is 3.69. The number of nitrogens with zero attached hydrogens (tertiary/aromatic N) is 3. The minimum absolute atomic E-state index is 0.0180. The summed E-state index contributed by atoms with van der Waals surface area (Å²) in [6, 6.07) is 11.2. The Kier molecular flexibility index (Phi) is 5.74. The summed E-state index contributed by atoms with van der Waals surface area (Å²) in [7, 11) is 0. The van der Waals surface area contributed by atoms with Crippen molar-refractivity contribution in [2.24, 2.45) is 5.92 Å². The van der Waals surface area contributed by atoms with Crippen molar-refractivity contribution in [3.63, 3.8) is 0 Å². The van der Waals surface area contributed by atoms with E-state index < -0.39 is 0 Å². The van der Waals surface area contributed by atoms with E-state index in [0.717, 1.165) is 11.4 Å². The van der Waals surface area contributed by atoms with Crippen molar-refractivity contribution in [2.75, 3.05) is 19.6 Å². The van der Waals surface area contributed by atoms with E-state index in [1.54, 1.807) is 18.7 Å². The molecule has 0 saturated carbocycles. The molecular weight excluding hydrogens is 368 g/mol. The number of amides is 2. The summed E-state index contributed by atoms with van der Waals surface area (Å²) in [6.07, 6.45) is 8.96. The molecule has 0 spiro atoms. The van der Waals surface area contributed by atoms with Gasteiger partial charge in [0.05, 0.1) is 18.1 Å². The first-order valence-corrected chi connectivity index (χ1v) is 9.89. The summed E-state index contributed by atoms with van der Waals surface area (Å²) in [5.74, 6) is 0.848. The average Bonchev–Trinajstić information content (AvgIpc) is 3.46. The molecule has 1 N–H and O–H groups in total. The summed E-state index contributed by atoms with van der Waals surface area (Å²) < 4.78 is 7.13. The predicted molar refractivity (Wildman–Crippen MR) is 108 cm³/mol. The minimum atomic E-state index is -0.0549. The van der Waals surface area contributed by atoms with Crippen LogP contribution in [0.1, 0.15) is 29.1 Å². The normalized spacial score (nSPS) is 14.7. The van der Waals surface area contributed by atoms with Crippen LogP contribution >= 0.6 is 0 Å². The van der Waals surface area contributed by atoms with Crippen LogP contribution in [0.25, 0.3) is 5.69 Å². The van der Waals surface area contributed by atoms with Crippen molar-refractivity contribution < 1.29 is 14.0 Å². The van der Waals surface area contributed by atoms with Crippen molar-refractivity contribution >= 4 is 11.8 Å². The number of aromatic nitrogens is 2. The van der Waals surface area contributed by atoms with Gasteiger partial charge in [0.1, 0.15) is 11.5 Å². The fraction of sp³-hybridized carbons (Fsp3) is 0.318. The largest absolute Gasteiger partial charge is 0.469 e. The predicted octanol–water partition coefficient (Wildman–Crippen LogP) is 2.68. The molecule has 0 radical (unpaired) electrons. The standard InChI is InChI=1S/C22H24N4O3/c27-21(24-11-7-19-5-3-15-29-19)17-8-13-25(14-9-17)22(28)20-6-2-12-26(20)18-4-1-10-23-16-18/h1-6,10,12,15-17H,7-9,11,13-14H2,(H,24,27). The number of pyridine rings is 1. The van der Waals surface area contributed by atoms with E-state index in [1.165, 1.54) is 0 Å². The van der Waals surface area contributed by atoms with Gasteiger partial charge in [-0.2, -0.15) is 0 Å². The van der Waals surface area contributed by atoms with Gasteiger partial charge in [0.2, 0.25) is 5.91 Å². The van der Waals surface area contributed by atoms with Crippen LogP contribution in [0.5, 0.6) is 0 Å². The van der Waals surface area contributed by atoms with Crippen LogP contribution in [0.2, 0.25) is 0 Å². The van der Waals surface area contributed by atoms with Gasteiger partial charge in [-0.25, -0.2) is 0 Å². The third kappa shape index (κ3) is 4.39. The second kappa shape index (κ2) is 8.77. The lowest BCUT2D eigenvalue weighted by molar-refractivity contribution is -0.126. The molecule has 4 heterocycles. The van der Waals surface area contributed by atoms with Crippen molar-refractivity contribution in [1.82, 2.24) is 19.8 Å². The average molecular weight is 392 g/mol. The number of likely N-dealkylation sites (tertiary alicyclic amines) is 1. The first-order chi connectivity index (χ1) is 14.2. The molecule has 3 aromatic rings. The molecule has 2 amide bonds. The van der Waals surface area contributed by atoms with E-state index in [-0.39, 0.29) is 17.7 Å². The molecule has 0 bridgehead atoms. The zero-order valence-corrected chi connectivity index (χ0v) is 16.2. The molecular formula is C22H24N4O3. The van der Waals surface area contributed by atoms with Gasteiger partial charge < -0.3 is 19.2 Å². The molecule has 29 heavy (non-hydrogen) atoms. The fourth-order valence-corrected chi connectivity index (χ4v) is 3.69. The molecule has 7 nitrogen and oxygen atoms in total. The van der Waals surface area contributed by atoms with E-state index in [4.69, 9.17) is 4.42 Å². The molecule has 1 fully saturated rings. The zero-order valence-electron chi connectivity index (χ0n) is 16.2. The molecule has 3 aromatic heterocycles. The highest BCUT2D eigenvalue weighted by Crippen LogP contribution is 2.21. The smallest absolute Gasteiger partial charge is 0.270 e. The number of nitrogens with one attached hydrogen (secondary N) is 1. The van der Waals surface area contributed by atoms with Crippen LogP contribution in [0.15, 0.2) is 65.7 Å². The van der Waals surface area contributed by atoms with Gasteiger partial charge in [-0.05, 0) is 49.2 Å². The molecule has 0 aromatic carbocycles. The lowest BCUT2D eigenvalue weighted by atomic mass is 9.95. The maximum atomic E-state index is 13.0. The molecule has 1 saturated heterocycles. The van der Waals surface area contributed by atoms with Gasteiger partial charge in [0.25, 0.3) is 5.91 Å². The van der Waals surface area contributed by atoms with Crippen molar-refractivity contribution in [1.29, 1.82) is 0 Å². The lowest BCUT2D eigenvalue weighted by Crippen LogP contribution is -2.43. The SMILES string of the molecule is O=C(NCCc1ccco1)C1CCN(C(=O)c2cccn2-c2cccnc2)CC1. The van der Waals surface area contributed by atoms with Crippen molar-refractivity contribution in [2.45, 2.75) is 19.3 Å². The number of piperidine rings is 1. The highest BCUT2D eigenvalue weighted by Gasteiger charge is 2.28. The number of furan rings is 1. The monoisotopic (exact) mass is 392 g/mol. The Morgan fingerprint density at radius 1 is 1.14 bits per heavy atom. The van der Waals surface area contributed by atoms with E-state index in [9.17, 15) is 9.59 Å². The van der Waals surface area contributed by atoms with Gasteiger partial charge in [-0.1, -0.05) is 0 Å². The van der Waals surface area contributed by atoms with Gasteiger partial charge in [-0.3, -0.25) is 14.6 Å². The summed E-state index contributed by atoms with van der Waals surface area (Å²) in [6.45, 7) is 1.71. The third-order valence-corrected chi connectivity index (χ3v) is 5.30. The van der Waals surface area contributed by atoms with Crippen LogP contribution in [-0.4, -0.2) is 45.9 Å². The highest BCUT2D eigenvalue weighted by atomic mass is 16.3. The summed E-state index contributed by atoms with van der Waals surface area (Å²) in [5.41, 5.74) is 1.46. The molecule has 0 unspecified atom stereocenters. The molecule has 0 atom stereocenters. The Hall–Kier alpha value is -3.35. The maximum Gasteiger partial charge on any atom is 0.270 e. The Bertz CT molecular complexity index is 942. The van der Waals surface area contributed by atoms with Crippen LogP contribution in [0.3, 0.4) is 0 Å². The lowest BCUT2D eigenvalue weighted by Gasteiger charge is -2.31. The summed E-state index contributed by atoms with van der Waals surface area (Å²) >= 11 is 0. The van der Waals surface area contributed by atoms with Gasteiger partial charge in [0, 0.05) is 44.4 Å². The number of carbonyl (C=O) groups excluding carboxylic acids is 2. The van der Waals surface area contributed by atoms with E-state index in [2.05, 4.69) is 10.3 Å². The van der Waals surface area contributed by atoms with E-state index in [1.807, 2.05) is 52.1 Å². The van der Waals surface area contributed by atoms with E-state index >= 15 is 0 Å². The molecule has 0 aliphatic carbocycles. The first-order valence-electron chi connectivity index (χ1n) is 9.89. The molecule has 1 aliphatic rings. The van der Waals surface area contributed by atoms with Gasteiger partial charge in [0.15, 0.2) is 0 Å². The van der Waals surface area contributed by atoms with Crippen molar-refractivity contribution in [3.05, 3.63) is 72.7 Å². The van der Waals surface area contributed by atoms with Gasteiger partial charge >= 0.3 is 0 Å². The topological polar surface area (TPSA) is 80.4 Å². The van der Waals surface area contributed by atoms with Crippen LogP contribution in [0.4, 0.5) is 0 Å². The molecule has 150 valence electrons. The van der Waals surface area contributed by atoms with Crippen LogP contribution in [-0.2, 0) is 11.2 Å². The Morgan fingerprint density at radius 2 is 2.00 bits per heavy atom. The van der Waals surface area contributed by atoms with Gasteiger partial charge in [-0.15, -0.1) is 0 Å². The number of hydrogen-bond donors (Lipinski definition) is 1. The second-order valence-corrected chi connectivity index (χ2v) is 7.16. The molecule has 7 heteroatoms. The first kappa shape index (κ1) is 19.0. The number of carbonyl (C=O) groups is 2. The second-order valence-electron chi connectivity index (χ2n) is 7.16. The zero-order chi connectivity index (χ0) is 20.1. The summed E-state index contributed by atoms with van der Waals surface area (Å²) in [5, 5.41) is 2.98. The maximum absolute atomic E-state index is 13.0. The van der Waals surface area contributed by atoms with Crippen molar-refractivity contribution in [3.8, 4) is 5.69 Å². The molecule has 4 rings (SSSR count). The van der Waals surface area contributed by atoms with Crippen LogP contribution in [0, 0.1) is 5.92 Å². The van der Waals surface area contributed by atoms with E-state index in [0.29, 0.717) is 44.6 Å².